The Morgan fingerprint density at radius 2 is 1.56 bits per heavy atom. The average molecular weight is 534 g/mol. The van der Waals surface area contributed by atoms with Gasteiger partial charge in [-0.15, -0.1) is 0 Å². The molecule has 0 spiro atoms. The van der Waals surface area contributed by atoms with Gasteiger partial charge in [0.05, 0.1) is 5.52 Å². The summed E-state index contributed by atoms with van der Waals surface area (Å²) in [6, 6.07) is 28.6. The molecule has 0 saturated carbocycles. The predicted octanol–water partition coefficient (Wildman–Crippen LogP) is 5.50. The van der Waals surface area contributed by atoms with E-state index < -0.39 is 17.8 Å². The third-order valence-corrected chi connectivity index (χ3v) is 5.92. The average Bonchev–Trinajstić information content (AvgIpc) is 2.94. The number of alkyl halides is 3. The fourth-order valence-electron chi connectivity index (χ4n) is 3.99. The molecular formula is C29H26F3N5O2. The summed E-state index contributed by atoms with van der Waals surface area (Å²) in [6.07, 6.45) is 1.90. The van der Waals surface area contributed by atoms with Crippen LogP contribution in [-0.4, -0.2) is 39.9 Å². The Morgan fingerprint density at radius 3 is 2.21 bits per heavy atom. The number of carbonyl (C=O) groups is 1. The van der Waals surface area contributed by atoms with E-state index in [1.807, 2.05) is 80.0 Å². The van der Waals surface area contributed by atoms with Gasteiger partial charge in [-0.2, -0.15) is 13.2 Å². The second kappa shape index (κ2) is 11.8. The summed E-state index contributed by atoms with van der Waals surface area (Å²) in [6.45, 7) is 0. The second-order valence-corrected chi connectivity index (χ2v) is 8.67. The number of fused-ring (bicyclic) bond motifs is 1. The standard InChI is InChI=1S/C27H25N5.C2HF3O2/c1-28-27(18-20-10-4-2-5-11-20)19-22(16-17-29-27)30-26-23-14-8-9-15-24(23)31-25(32-26)21-12-6-3-7-13-21;3-2(4,5)1(6)7/h2-17,19,28-29H,18H2,1H3,(H,30,31,32);(H,6,7). The van der Waals surface area contributed by atoms with Crippen LogP contribution in [0.2, 0.25) is 0 Å². The Hall–Kier alpha value is -4.70. The fourth-order valence-corrected chi connectivity index (χ4v) is 3.99. The number of para-hydroxylation sites is 1. The van der Waals surface area contributed by atoms with Crippen molar-refractivity contribution >= 4 is 22.7 Å². The summed E-state index contributed by atoms with van der Waals surface area (Å²) < 4.78 is 31.7. The van der Waals surface area contributed by atoms with Crippen LogP contribution in [0.25, 0.3) is 22.3 Å². The summed E-state index contributed by atoms with van der Waals surface area (Å²) >= 11 is 0. The minimum absolute atomic E-state index is 0.399. The van der Waals surface area contributed by atoms with Gasteiger partial charge >= 0.3 is 12.1 Å². The smallest absolute Gasteiger partial charge is 0.475 e. The molecule has 1 atom stereocenters. The van der Waals surface area contributed by atoms with Crippen LogP contribution in [0.3, 0.4) is 0 Å². The number of carboxylic acid groups (broad SMARTS) is 1. The molecule has 39 heavy (non-hydrogen) atoms. The third kappa shape index (κ3) is 6.99. The van der Waals surface area contributed by atoms with E-state index in [1.165, 1.54) is 5.56 Å². The predicted molar refractivity (Wildman–Crippen MR) is 145 cm³/mol. The number of nitrogens with zero attached hydrogens (tertiary/aromatic N) is 2. The van der Waals surface area contributed by atoms with E-state index in [4.69, 9.17) is 19.9 Å². The van der Waals surface area contributed by atoms with E-state index in [2.05, 4.69) is 46.3 Å². The highest BCUT2D eigenvalue weighted by molar-refractivity contribution is 5.91. The first kappa shape index (κ1) is 27.3. The van der Waals surface area contributed by atoms with E-state index in [-0.39, 0.29) is 0 Å². The zero-order chi connectivity index (χ0) is 27.9. The maximum Gasteiger partial charge on any atom is 0.490 e. The molecule has 3 aromatic carbocycles. The van der Waals surface area contributed by atoms with Crippen molar-refractivity contribution in [1.29, 1.82) is 0 Å². The lowest BCUT2D eigenvalue weighted by Crippen LogP contribution is -2.55. The number of nitrogens with one attached hydrogen (secondary N) is 3. The molecule has 0 amide bonds. The number of hydrogen-bond acceptors (Lipinski definition) is 6. The molecule has 200 valence electrons. The van der Waals surface area contributed by atoms with Crippen molar-refractivity contribution in [2.45, 2.75) is 18.3 Å². The van der Waals surface area contributed by atoms with Gasteiger partial charge in [0.15, 0.2) is 5.82 Å². The third-order valence-electron chi connectivity index (χ3n) is 5.92. The molecule has 7 nitrogen and oxygen atoms in total. The van der Waals surface area contributed by atoms with E-state index in [0.717, 1.165) is 34.4 Å². The summed E-state index contributed by atoms with van der Waals surface area (Å²) in [5, 5.41) is 18.6. The van der Waals surface area contributed by atoms with Gasteiger partial charge in [-0.1, -0.05) is 72.8 Å². The summed E-state index contributed by atoms with van der Waals surface area (Å²) in [5.41, 5.74) is 3.72. The zero-order valence-corrected chi connectivity index (χ0v) is 20.9. The van der Waals surface area contributed by atoms with Crippen LogP contribution in [0.15, 0.2) is 109 Å². The van der Waals surface area contributed by atoms with Crippen LogP contribution in [0.4, 0.5) is 19.0 Å². The van der Waals surface area contributed by atoms with Crippen molar-refractivity contribution in [3.05, 3.63) is 115 Å². The van der Waals surface area contributed by atoms with Crippen molar-refractivity contribution in [3.8, 4) is 11.4 Å². The molecule has 0 saturated heterocycles. The Bertz CT molecular complexity index is 1490. The highest BCUT2D eigenvalue weighted by atomic mass is 19.4. The number of aliphatic carboxylic acids is 1. The van der Waals surface area contributed by atoms with Crippen molar-refractivity contribution in [1.82, 2.24) is 20.6 Å². The SMILES string of the molecule is CNC1(Cc2ccccc2)C=C(Nc2nc(-c3ccccc3)nc3ccccc23)C=CN1.O=C(O)C(F)(F)F. The van der Waals surface area contributed by atoms with Crippen LogP contribution >= 0.6 is 0 Å². The lowest BCUT2D eigenvalue weighted by atomic mass is 9.96. The van der Waals surface area contributed by atoms with Gasteiger partial charge < -0.3 is 15.7 Å². The van der Waals surface area contributed by atoms with Crippen LogP contribution in [0, 0.1) is 0 Å². The molecule has 2 heterocycles. The number of carboxylic acids is 1. The second-order valence-electron chi connectivity index (χ2n) is 8.67. The molecule has 1 aliphatic heterocycles. The van der Waals surface area contributed by atoms with Gasteiger partial charge in [-0.3, -0.25) is 5.32 Å². The van der Waals surface area contributed by atoms with Crippen LogP contribution in [-0.2, 0) is 11.2 Å². The number of halogens is 3. The minimum atomic E-state index is -5.08. The Morgan fingerprint density at radius 1 is 0.949 bits per heavy atom. The normalized spacial score (nSPS) is 16.5. The highest BCUT2D eigenvalue weighted by Gasteiger charge is 2.38. The number of benzene rings is 3. The molecule has 0 fully saturated rings. The van der Waals surface area contributed by atoms with Gasteiger partial charge in [-0.25, -0.2) is 14.8 Å². The van der Waals surface area contributed by atoms with E-state index in [9.17, 15) is 13.2 Å². The van der Waals surface area contributed by atoms with Gasteiger partial charge in [0.25, 0.3) is 0 Å². The minimum Gasteiger partial charge on any atom is -0.475 e. The molecule has 0 bridgehead atoms. The van der Waals surface area contributed by atoms with E-state index >= 15 is 0 Å². The number of rotatable bonds is 6. The van der Waals surface area contributed by atoms with Crippen molar-refractivity contribution in [2.24, 2.45) is 0 Å². The molecule has 1 unspecified atom stereocenters. The number of dihydropyridines is 1. The van der Waals surface area contributed by atoms with Crippen LogP contribution in [0.1, 0.15) is 5.56 Å². The van der Waals surface area contributed by atoms with Crippen molar-refractivity contribution < 1.29 is 23.1 Å². The summed E-state index contributed by atoms with van der Waals surface area (Å²) in [5.74, 6) is -1.26. The molecule has 5 rings (SSSR count). The Balaban J connectivity index is 0.000000448. The largest absolute Gasteiger partial charge is 0.490 e. The Kier molecular flexibility index (Phi) is 8.26. The number of hydrogen-bond donors (Lipinski definition) is 4. The van der Waals surface area contributed by atoms with Gasteiger partial charge in [0, 0.05) is 29.3 Å². The lowest BCUT2D eigenvalue weighted by Gasteiger charge is -2.34. The molecule has 0 radical (unpaired) electrons. The van der Waals surface area contributed by atoms with E-state index in [0.29, 0.717) is 5.82 Å². The maximum absolute atomic E-state index is 10.6. The monoisotopic (exact) mass is 533 g/mol. The van der Waals surface area contributed by atoms with Crippen LogP contribution in [0.5, 0.6) is 0 Å². The quantitative estimate of drug-likeness (QED) is 0.260. The molecule has 10 heteroatoms. The highest BCUT2D eigenvalue weighted by Crippen LogP contribution is 2.27. The first-order valence-corrected chi connectivity index (χ1v) is 12.0. The number of allylic oxidation sites excluding steroid dienone is 1. The first-order valence-electron chi connectivity index (χ1n) is 12.0. The number of aromatic nitrogens is 2. The zero-order valence-electron chi connectivity index (χ0n) is 20.9. The van der Waals surface area contributed by atoms with E-state index in [1.54, 1.807) is 0 Å². The van der Waals surface area contributed by atoms with Gasteiger partial charge in [0.2, 0.25) is 0 Å². The van der Waals surface area contributed by atoms with Gasteiger partial charge in [-0.05, 0) is 36.9 Å². The topological polar surface area (TPSA) is 99.2 Å². The van der Waals surface area contributed by atoms with Crippen LogP contribution < -0.4 is 16.0 Å². The molecule has 1 aromatic heterocycles. The lowest BCUT2D eigenvalue weighted by molar-refractivity contribution is -0.192. The Labute approximate surface area is 223 Å². The molecule has 4 N–H and O–H groups in total. The fraction of sp³-hybridized carbons (Fsp3) is 0.138. The first-order chi connectivity index (χ1) is 18.7. The van der Waals surface area contributed by atoms with Crippen molar-refractivity contribution in [2.75, 3.05) is 12.4 Å². The molecular weight excluding hydrogens is 507 g/mol. The maximum atomic E-state index is 10.6. The summed E-state index contributed by atoms with van der Waals surface area (Å²) in [7, 11) is 1.97. The summed E-state index contributed by atoms with van der Waals surface area (Å²) in [4.78, 5) is 18.6. The number of likely N-dealkylation sites (N-methyl/N-ethyl adjacent to an activating group) is 1. The van der Waals surface area contributed by atoms with Crippen molar-refractivity contribution in [3.63, 3.8) is 0 Å². The van der Waals surface area contributed by atoms with Gasteiger partial charge in [0.1, 0.15) is 11.5 Å². The molecule has 0 aliphatic carbocycles. The number of anilines is 1. The molecule has 1 aliphatic rings. The molecule has 4 aromatic rings.